The number of rotatable bonds is 7. The molecule has 0 saturated heterocycles. The molecule has 2 rings (SSSR count). The molecule has 0 unspecified atom stereocenters. The Labute approximate surface area is 127 Å². The van der Waals surface area contributed by atoms with Crippen LogP contribution in [0.4, 0.5) is 0 Å². The minimum Gasteiger partial charge on any atom is -0.315 e. The monoisotopic (exact) mass is 315 g/mol. The van der Waals surface area contributed by atoms with Gasteiger partial charge in [0.25, 0.3) is 0 Å². The minimum atomic E-state index is 0.668. The largest absolute Gasteiger partial charge is 0.315 e. The lowest BCUT2D eigenvalue weighted by Crippen LogP contribution is -2.20. The highest BCUT2D eigenvalue weighted by molar-refractivity contribution is 7.98. The molecule has 9 heteroatoms. The van der Waals surface area contributed by atoms with Gasteiger partial charge in [-0.1, -0.05) is 30.3 Å². The quantitative estimate of drug-likeness (QED) is 0.613. The van der Waals surface area contributed by atoms with Crippen molar-refractivity contribution in [3.8, 4) is 0 Å². The molecular formula is C11H18ClN7S. The normalized spacial score (nSPS) is 11.2. The maximum Gasteiger partial charge on any atom is 0.209 e. The van der Waals surface area contributed by atoms with Gasteiger partial charge < -0.3 is 5.32 Å². The van der Waals surface area contributed by atoms with Gasteiger partial charge in [-0.15, -0.1) is 5.10 Å². The van der Waals surface area contributed by atoms with Crippen molar-refractivity contribution in [3.63, 3.8) is 0 Å². The van der Waals surface area contributed by atoms with Gasteiger partial charge in [-0.3, -0.25) is 4.68 Å². The summed E-state index contributed by atoms with van der Waals surface area (Å²) in [5.74, 6) is 0.708. The summed E-state index contributed by atoms with van der Waals surface area (Å²) in [5, 5.41) is 20.8. The maximum atomic E-state index is 6.22. The molecule has 0 aliphatic heterocycles. The molecule has 110 valence electrons. The maximum absolute atomic E-state index is 6.22. The molecule has 7 nitrogen and oxygen atoms in total. The Kier molecular flexibility index (Phi) is 5.38. The molecule has 1 N–H and O–H groups in total. The Morgan fingerprint density at radius 3 is 2.85 bits per heavy atom. The molecule has 20 heavy (non-hydrogen) atoms. The zero-order chi connectivity index (χ0) is 14.5. The van der Waals surface area contributed by atoms with Gasteiger partial charge in [-0.25, -0.2) is 4.68 Å². The summed E-state index contributed by atoms with van der Waals surface area (Å²) in [5.41, 5.74) is 1.97. The fourth-order valence-corrected chi connectivity index (χ4v) is 3.09. The molecule has 0 spiro atoms. The zero-order valence-electron chi connectivity index (χ0n) is 11.8. The van der Waals surface area contributed by atoms with E-state index in [1.54, 1.807) is 21.1 Å². The lowest BCUT2D eigenvalue weighted by molar-refractivity contribution is 0.517. The summed E-state index contributed by atoms with van der Waals surface area (Å²) >= 11 is 7.78. The van der Waals surface area contributed by atoms with Gasteiger partial charge in [-0.2, -0.15) is 5.10 Å². The van der Waals surface area contributed by atoms with Crippen molar-refractivity contribution < 1.29 is 0 Å². The minimum absolute atomic E-state index is 0.668. The Hall–Kier alpha value is -1.12. The fraction of sp³-hybridized carbons (Fsp3) is 0.636. The van der Waals surface area contributed by atoms with Crippen molar-refractivity contribution in [2.24, 2.45) is 7.05 Å². The Balaban J connectivity index is 1.99. The number of nitrogens with one attached hydrogen (secondary N) is 1. The van der Waals surface area contributed by atoms with Crippen molar-refractivity contribution >= 4 is 23.4 Å². The number of hydrogen-bond donors (Lipinski definition) is 1. The highest BCUT2D eigenvalue weighted by Gasteiger charge is 2.14. The Morgan fingerprint density at radius 1 is 1.40 bits per heavy atom. The van der Waals surface area contributed by atoms with E-state index in [0.717, 1.165) is 36.0 Å². The molecule has 0 aromatic carbocycles. The first-order valence-corrected chi connectivity index (χ1v) is 7.77. The van der Waals surface area contributed by atoms with Gasteiger partial charge in [0.15, 0.2) is 0 Å². The summed E-state index contributed by atoms with van der Waals surface area (Å²) in [6, 6.07) is 0. The molecule has 2 aromatic rings. The lowest BCUT2D eigenvalue weighted by Gasteiger charge is -2.04. The van der Waals surface area contributed by atoms with Crippen LogP contribution in [-0.2, 0) is 19.3 Å². The molecule has 0 aliphatic carbocycles. The van der Waals surface area contributed by atoms with E-state index >= 15 is 0 Å². The van der Waals surface area contributed by atoms with Crippen LogP contribution >= 0.6 is 23.4 Å². The molecule has 0 amide bonds. The van der Waals surface area contributed by atoms with Crippen LogP contribution in [0.25, 0.3) is 0 Å². The van der Waals surface area contributed by atoms with Crippen molar-refractivity contribution in [2.45, 2.75) is 31.3 Å². The van der Waals surface area contributed by atoms with Crippen LogP contribution in [0.1, 0.15) is 18.2 Å². The standard InChI is InChI=1S/C11H18ClN7S/c1-4-13-5-6-19-11(14-16-17-19)20-7-9-8(2)15-18(3)10(9)12/h13H,4-7H2,1-3H3. The lowest BCUT2D eigenvalue weighted by atomic mass is 10.3. The second-order valence-corrected chi connectivity index (χ2v) is 5.61. The number of hydrogen-bond acceptors (Lipinski definition) is 6. The van der Waals surface area contributed by atoms with Gasteiger partial charge in [0.05, 0.1) is 12.2 Å². The molecule has 0 fully saturated rings. The summed E-state index contributed by atoms with van der Waals surface area (Å²) in [6.45, 7) is 6.57. The third-order valence-electron chi connectivity index (χ3n) is 2.86. The number of tetrazole rings is 1. The average molecular weight is 316 g/mol. The van der Waals surface area contributed by atoms with Gasteiger partial charge >= 0.3 is 0 Å². The smallest absolute Gasteiger partial charge is 0.209 e. The summed E-state index contributed by atoms with van der Waals surface area (Å²) < 4.78 is 3.48. The Bertz CT molecular complexity index is 565. The van der Waals surface area contributed by atoms with Gasteiger partial charge in [0, 0.05) is 24.9 Å². The van der Waals surface area contributed by atoms with E-state index < -0.39 is 0 Å². The zero-order valence-corrected chi connectivity index (χ0v) is 13.4. The molecule has 2 aromatic heterocycles. The number of aryl methyl sites for hydroxylation is 2. The number of thioether (sulfide) groups is 1. The third kappa shape index (κ3) is 3.50. The fourth-order valence-electron chi connectivity index (χ4n) is 1.78. The van der Waals surface area contributed by atoms with E-state index in [0.29, 0.717) is 10.9 Å². The highest BCUT2D eigenvalue weighted by atomic mass is 35.5. The average Bonchev–Trinajstić information content (AvgIpc) is 2.95. The van der Waals surface area contributed by atoms with Crippen molar-refractivity contribution in [1.29, 1.82) is 0 Å². The SMILES string of the molecule is CCNCCn1nnnc1SCc1c(C)nn(C)c1Cl. The first-order chi connectivity index (χ1) is 9.63. The predicted octanol–water partition coefficient (Wildman–Crippen LogP) is 1.27. The van der Waals surface area contributed by atoms with Crippen molar-refractivity contribution in [2.75, 3.05) is 13.1 Å². The predicted molar refractivity (Wildman–Crippen MR) is 78.9 cm³/mol. The van der Waals surface area contributed by atoms with E-state index in [2.05, 4.69) is 32.9 Å². The van der Waals surface area contributed by atoms with Crippen LogP contribution in [0.15, 0.2) is 5.16 Å². The summed E-state index contributed by atoms with van der Waals surface area (Å²) in [7, 11) is 1.84. The van der Waals surface area contributed by atoms with E-state index in [4.69, 9.17) is 11.6 Å². The van der Waals surface area contributed by atoms with Crippen LogP contribution in [-0.4, -0.2) is 43.1 Å². The van der Waals surface area contributed by atoms with E-state index in [1.165, 1.54) is 0 Å². The molecule has 0 bridgehead atoms. The first kappa shape index (κ1) is 15.3. The second-order valence-electron chi connectivity index (χ2n) is 4.31. The van der Waals surface area contributed by atoms with E-state index in [-0.39, 0.29) is 0 Å². The molecule has 0 saturated carbocycles. The molecule has 0 radical (unpaired) electrons. The number of halogens is 1. The van der Waals surface area contributed by atoms with Crippen LogP contribution in [0.5, 0.6) is 0 Å². The van der Waals surface area contributed by atoms with Crippen molar-refractivity contribution in [3.05, 3.63) is 16.4 Å². The van der Waals surface area contributed by atoms with Crippen LogP contribution in [0, 0.1) is 6.92 Å². The first-order valence-electron chi connectivity index (χ1n) is 6.41. The van der Waals surface area contributed by atoms with E-state index in [1.807, 2.05) is 14.0 Å². The van der Waals surface area contributed by atoms with Gasteiger partial charge in [0.1, 0.15) is 5.15 Å². The topological polar surface area (TPSA) is 73.5 Å². The van der Waals surface area contributed by atoms with Crippen molar-refractivity contribution in [1.82, 2.24) is 35.3 Å². The summed E-state index contributed by atoms with van der Waals surface area (Å²) in [4.78, 5) is 0. The molecule has 0 aliphatic rings. The Morgan fingerprint density at radius 2 is 2.20 bits per heavy atom. The number of nitrogens with zero attached hydrogens (tertiary/aromatic N) is 6. The van der Waals surface area contributed by atoms with Gasteiger partial charge in [0.2, 0.25) is 5.16 Å². The molecular weight excluding hydrogens is 298 g/mol. The van der Waals surface area contributed by atoms with Crippen LogP contribution in [0.3, 0.4) is 0 Å². The molecule has 2 heterocycles. The number of aromatic nitrogens is 6. The highest BCUT2D eigenvalue weighted by Crippen LogP contribution is 2.26. The van der Waals surface area contributed by atoms with Crippen LogP contribution in [0.2, 0.25) is 5.15 Å². The molecule has 0 atom stereocenters. The number of likely N-dealkylation sites (N-methyl/N-ethyl adjacent to an activating group) is 1. The summed E-state index contributed by atoms with van der Waals surface area (Å²) in [6.07, 6.45) is 0. The third-order valence-corrected chi connectivity index (χ3v) is 4.32. The van der Waals surface area contributed by atoms with E-state index in [9.17, 15) is 0 Å². The van der Waals surface area contributed by atoms with Crippen LogP contribution < -0.4 is 5.32 Å². The second kappa shape index (κ2) is 7.05. The van der Waals surface area contributed by atoms with Gasteiger partial charge in [-0.05, 0) is 23.9 Å².